The minimum atomic E-state index is 0.587. The molecule has 0 aliphatic heterocycles. The van der Waals surface area contributed by atoms with E-state index in [0.29, 0.717) is 5.92 Å². The van der Waals surface area contributed by atoms with Gasteiger partial charge in [0.2, 0.25) is 0 Å². The standard InChI is InChI=1S/C6H10N2S/c1-4(2)5-3-8-6(7)9-5/h3-4H,1-2H3,(H2,7,8)/p+1. The van der Waals surface area contributed by atoms with Gasteiger partial charge in [-0.15, -0.1) is 0 Å². The van der Waals surface area contributed by atoms with Gasteiger partial charge in [0.1, 0.15) is 6.20 Å². The highest BCUT2D eigenvalue weighted by Crippen LogP contribution is 2.19. The van der Waals surface area contributed by atoms with Gasteiger partial charge in [0, 0.05) is 0 Å². The van der Waals surface area contributed by atoms with E-state index in [4.69, 9.17) is 5.73 Å². The number of hydrogen-bond donors (Lipinski definition) is 1. The summed E-state index contributed by atoms with van der Waals surface area (Å²) in [6.45, 7) is 4.30. The Labute approximate surface area is 58.7 Å². The van der Waals surface area contributed by atoms with E-state index in [9.17, 15) is 0 Å². The lowest BCUT2D eigenvalue weighted by molar-refractivity contribution is -0.354. The third-order valence-corrected chi connectivity index (χ3v) is 2.32. The number of hydrogen-bond acceptors (Lipinski definition) is 2. The largest absolute Gasteiger partial charge is 0.329 e. The summed E-state index contributed by atoms with van der Waals surface area (Å²) in [5, 5.41) is 0.790. The molecule has 0 saturated carbocycles. The Hall–Kier alpha value is -0.570. The first-order valence-electron chi connectivity index (χ1n) is 2.97. The molecule has 0 saturated heterocycles. The molecule has 1 aromatic rings. The van der Waals surface area contributed by atoms with Crippen molar-refractivity contribution < 1.29 is 4.98 Å². The molecule has 1 rings (SSSR count). The molecule has 2 nitrogen and oxygen atoms in total. The summed E-state index contributed by atoms with van der Waals surface area (Å²) in [6, 6.07) is 0. The highest BCUT2D eigenvalue weighted by atomic mass is 32.1. The lowest BCUT2D eigenvalue weighted by Crippen LogP contribution is -2.01. The molecule has 0 unspecified atom stereocenters. The highest BCUT2D eigenvalue weighted by molar-refractivity contribution is 7.14. The molecule has 50 valence electrons. The van der Waals surface area contributed by atoms with E-state index in [2.05, 4.69) is 18.8 Å². The van der Waals surface area contributed by atoms with Crippen LogP contribution in [-0.4, -0.2) is 0 Å². The van der Waals surface area contributed by atoms with Gasteiger partial charge in [0.25, 0.3) is 0 Å². The molecule has 0 atom stereocenters. The van der Waals surface area contributed by atoms with Crippen LogP contribution in [0.4, 0.5) is 5.13 Å². The fraction of sp³-hybridized carbons (Fsp3) is 0.500. The van der Waals surface area contributed by atoms with Gasteiger partial charge in [0.05, 0.1) is 4.88 Å². The van der Waals surface area contributed by atoms with Crippen molar-refractivity contribution in [1.82, 2.24) is 0 Å². The fourth-order valence-corrected chi connectivity index (χ4v) is 1.34. The van der Waals surface area contributed by atoms with Gasteiger partial charge in [-0.1, -0.05) is 25.2 Å². The van der Waals surface area contributed by atoms with Crippen LogP contribution in [-0.2, 0) is 0 Å². The number of thiazole rings is 1. The van der Waals surface area contributed by atoms with Crippen molar-refractivity contribution in [2.24, 2.45) is 0 Å². The fourth-order valence-electron chi connectivity index (χ4n) is 0.613. The van der Waals surface area contributed by atoms with E-state index in [1.807, 2.05) is 6.20 Å². The van der Waals surface area contributed by atoms with E-state index >= 15 is 0 Å². The number of anilines is 1. The molecular formula is C6H11N2S+. The molecule has 0 aliphatic carbocycles. The summed E-state index contributed by atoms with van der Waals surface area (Å²) in [5.74, 6) is 0.587. The first kappa shape index (κ1) is 6.55. The maximum absolute atomic E-state index is 5.48. The highest BCUT2D eigenvalue weighted by Gasteiger charge is 2.04. The van der Waals surface area contributed by atoms with Gasteiger partial charge in [-0.2, -0.15) is 0 Å². The molecule has 0 aliphatic rings. The van der Waals surface area contributed by atoms with Crippen molar-refractivity contribution >= 4 is 16.5 Å². The van der Waals surface area contributed by atoms with Crippen molar-refractivity contribution in [1.29, 1.82) is 0 Å². The minimum absolute atomic E-state index is 0.587. The lowest BCUT2D eigenvalue weighted by Gasteiger charge is -1.92. The Balaban J connectivity index is 2.85. The summed E-state index contributed by atoms with van der Waals surface area (Å²) < 4.78 is 0. The van der Waals surface area contributed by atoms with E-state index in [-0.39, 0.29) is 0 Å². The lowest BCUT2D eigenvalue weighted by atomic mass is 10.2. The van der Waals surface area contributed by atoms with E-state index < -0.39 is 0 Å². The quantitative estimate of drug-likeness (QED) is 0.631. The maximum atomic E-state index is 5.48. The predicted octanol–water partition coefficient (Wildman–Crippen LogP) is 1.27. The second-order valence-corrected chi connectivity index (χ2v) is 3.43. The molecule has 0 aromatic carbocycles. The van der Waals surface area contributed by atoms with Crippen LogP contribution >= 0.6 is 11.3 Å². The van der Waals surface area contributed by atoms with Crippen LogP contribution < -0.4 is 10.7 Å². The Bertz CT molecular complexity index is 193. The van der Waals surface area contributed by atoms with Crippen molar-refractivity contribution in [3.63, 3.8) is 0 Å². The summed E-state index contributed by atoms with van der Waals surface area (Å²) in [7, 11) is 0. The molecule has 0 fully saturated rings. The average Bonchev–Trinajstić information content (AvgIpc) is 2.14. The molecule has 0 spiro atoms. The molecule has 1 aromatic heterocycles. The second-order valence-electron chi connectivity index (χ2n) is 2.31. The summed E-state index contributed by atoms with van der Waals surface area (Å²) in [6.07, 6.45) is 1.96. The summed E-state index contributed by atoms with van der Waals surface area (Å²) in [4.78, 5) is 4.26. The average molecular weight is 143 g/mol. The van der Waals surface area contributed by atoms with Crippen LogP contribution in [0.15, 0.2) is 6.20 Å². The first-order valence-corrected chi connectivity index (χ1v) is 3.78. The third-order valence-electron chi connectivity index (χ3n) is 1.15. The minimum Gasteiger partial charge on any atom is -0.278 e. The van der Waals surface area contributed by atoms with Crippen LogP contribution in [0.3, 0.4) is 0 Å². The zero-order chi connectivity index (χ0) is 6.85. The number of nitrogen functional groups attached to an aromatic ring is 1. The van der Waals surface area contributed by atoms with E-state index in [1.54, 1.807) is 11.3 Å². The maximum Gasteiger partial charge on any atom is 0.329 e. The number of rotatable bonds is 1. The van der Waals surface area contributed by atoms with Gasteiger partial charge >= 0.3 is 5.13 Å². The number of H-pyrrole nitrogens is 1. The Morgan fingerprint density at radius 2 is 2.33 bits per heavy atom. The topological polar surface area (TPSA) is 40.2 Å². The van der Waals surface area contributed by atoms with Crippen LogP contribution in [0.5, 0.6) is 0 Å². The van der Waals surface area contributed by atoms with Gasteiger partial charge in [0.15, 0.2) is 0 Å². The molecule has 3 heteroatoms. The van der Waals surface area contributed by atoms with Crippen LogP contribution in [0.25, 0.3) is 0 Å². The van der Waals surface area contributed by atoms with Crippen molar-refractivity contribution in [3.05, 3.63) is 11.1 Å². The molecule has 1 heterocycles. The van der Waals surface area contributed by atoms with Crippen molar-refractivity contribution in [2.75, 3.05) is 5.73 Å². The van der Waals surface area contributed by atoms with E-state index in [0.717, 1.165) is 5.13 Å². The zero-order valence-electron chi connectivity index (χ0n) is 5.64. The van der Waals surface area contributed by atoms with Crippen LogP contribution in [0.1, 0.15) is 24.6 Å². The number of nitrogens with two attached hydrogens (primary N) is 1. The van der Waals surface area contributed by atoms with Crippen LogP contribution in [0, 0.1) is 0 Å². The van der Waals surface area contributed by atoms with Gasteiger partial charge in [-0.3, -0.25) is 5.73 Å². The summed E-state index contributed by atoms with van der Waals surface area (Å²) >= 11 is 1.62. The molecule has 0 amide bonds. The summed E-state index contributed by atoms with van der Waals surface area (Å²) in [5.41, 5.74) is 5.48. The number of aromatic amines is 1. The Morgan fingerprint density at radius 3 is 2.56 bits per heavy atom. The predicted molar refractivity (Wildman–Crippen MR) is 39.4 cm³/mol. The van der Waals surface area contributed by atoms with Crippen molar-refractivity contribution in [2.45, 2.75) is 19.8 Å². The third kappa shape index (κ3) is 1.42. The van der Waals surface area contributed by atoms with Crippen LogP contribution in [0.2, 0.25) is 0 Å². The second kappa shape index (κ2) is 2.35. The Morgan fingerprint density at radius 1 is 1.67 bits per heavy atom. The van der Waals surface area contributed by atoms with Gasteiger partial charge < -0.3 is 0 Å². The zero-order valence-corrected chi connectivity index (χ0v) is 6.46. The SMILES string of the molecule is CC(C)c1c[nH+]c(N)s1. The van der Waals surface area contributed by atoms with Crippen molar-refractivity contribution in [3.8, 4) is 0 Å². The first-order chi connectivity index (χ1) is 4.20. The number of nitrogens with one attached hydrogen (secondary N) is 1. The van der Waals surface area contributed by atoms with E-state index in [1.165, 1.54) is 4.88 Å². The monoisotopic (exact) mass is 143 g/mol. The van der Waals surface area contributed by atoms with Gasteiger partial charge in [-0.25, -0.2) is 4.98 Å². The smallest absolute Gasteiger partial charge is 0.278 e. The molecule has 3 N–H and O–H groups in total. The molecular weight excluding hydrogens is 132 g/mol. The molecule has 9 heavy (non-hydrogen) atoms. The van der Waals surface area contributed by atoms with Gasteiger partial charge in [-0.05, 0) is 5.92 Å². The normalized spacial score (nSPS) is 10.6. The molecule has 0 bridgehead atoms. The Kier molecular flexibility index (Phi) is 1.71. The number of aromatic nitrogens is 1. The molecule has 0 radical (unpaired) electrons.